The molecule has 2 rings (SSSR count). The van der Waals surface area contributed by atoms with E-state index in [1.54, 1.807) is 4.90 Å². The molecular formula is C12H16N2O. The summed E-state index contributed by atoms with van der Waals surface area (Å²) in [5.41, 5.74) is 2.76. The van der Waals surface area contributed by atoms with Crippen LogP contribution in [0.1, 0.15) is 19.4 Å². The van der Waals surface area contributed by atoms with E-state index in [1.807, 2.05) is 40.1 Å². The van der Waals surface area contributed by atoms with Gasteiger partial charge in [-0.3, -0.25) is 4.79 Å². The second-order valence-corrected chi connectivity index (χ2v) is 4.47. The van der Waals surface area contributed by atoms with E-state index < -0.39 is 5.41 Å². The van der Waals surface area contributed by atoms with Gasteiger partial charge in [0.15, 0.2) is 0 Å². The molecule has 0 radical (unpaired) electrons. The Kier molecular flexibility index (Phi) is 2.00. The van der Waals surface area contributed by atoms with E-state index in [2.05, 4.69) is 11.4 Å². The Balaban J connectivity index is 2.62. The number of hydrogen-bond acceptors (Lipinski definition) is 2. The molecule has 3 heteroatoms. The van der Waals surface area contributed by atoms with Crippen LogP contribution in [-0.4, -0.2) is 20.0 Å². The second-order valence-electron chi connectivity index (χ2n) is 4.47. The Labute approximate surface area is 90.1 Å². The van der Waals surface area contributed by atoms with Crippen molar-refractivity contribution in [1.82, 2.24) is 0 Å². The summed E-state index contributed by atoms with van der Waals surface area (Å²) in [6.45, 7) is 3.94. The van der Waals surface area contributed by atoms with Crippen LogP contribution in [0.3, 0.4) is 0 Å². The van der Waals surface area contributed by atoms with E-state index in [0.29, 0.717) is 0 Å². The highest BCUT2D eigenvalue weighted by Crippen LogP contribution is 2.41. The minimum Gasteiger partial charge on any atom is -0.388 e. The largest absolute Gasteiger partial charge is 0.388 e. The number of fused-ring (bicyclic) bond motifs is 1. The average molecular weight is 204 g/mol. The molecule has 15 heavy (non-hydrogen) atoms. The Morgan fingerprint density at radius 2 is 2.00 bits per heavy atom. The first-order valence-electron chi connectivity index (χ1n) is 5.09. The van der Waals surface area contributed by atoms with Gasteiger partial charge in [0.05, 0.1) is 5.41 Å². The number of nitrogens with one attached hydrogen (secondary N) is 1. The fraction of sp³-hybridized carbons (Fsp3) is 0.417. The molecule has 0 saturated carbocycles. The first-order valence-corrected chi connectivity index (χ1v) is 5.09. The molecule has 0 atom stereocenters. The van der Waals surface area contributed by atoms with Crippen LogP contribution in [0.15, 0.2) is 18.2 Å². The molecule has 0 spiro atoms. The lowest BCUT2D eigenvalue weighted by atomic mass is 9.86. The molecule has 1 aromatic rings. The maximum atomic E-state index is 12.0. The van der Waals surface area contributed by atoms with Crippen molar-refractivity contribution in [2.24, 2.45) is 0 Å². The van der Waals surface area contributed by atoms with E-state index in [-0.39, 0.29) is 5.91 Å². The zero-order valence-electron chi connectivity index (χ0n) is 9.59. The lowest BCUT2D eigenvalue weighted by Crippen LogP contribution is -2.33. The van der Waals surface area contributed by atoms with Crippen LogP contribution >= 0.6 is 0 Å². The summed E-state index contributed by atoms with van der Waals surface area (Å²) >= 11 is 0. The molecule has 1 aromatic carbocycles. The van der Waals surface area contributed by atoms with Gasteiger partial charge in [-0.15, -0.1) is 0 Å². The molecule has 0 fully saturated rings. The van der Waals surface area contributed by atoms with Crippen LogP contribution < -0.4 is 10.2 Å². The van der Waals surface area contributed by atoms with Crippen molar-refractivity contribution < 1.29 is 4.79 Å². The van der Waals surface area contributed by atoms with Crippen LogP contribution in [0, 0.1) is 0 Å². The average Bonchev–Trinajstić information content (AvgIpc) is 2.40. The third-order valence-electron chi connectivity index (χ3n) is 3.16. The van der Waals surface area contributed by atoms with Gasteiger partial charge in [-0.2, -0.15) is 0 Å². The molecule has 0 bridgehead atoms. The molecule has 1 N–H and O–H groups in total. The summed E-state index contributed by atoms with van der Waals surface area (Å²) in [5, 5.41) is 3.09. The van der Waals surface area contributed by atoms with Gasteiger partial charge in [0, 0.05) is 25.5 Å². The second kappa shape index (κ2) is 2.99. The lowest BCUT2D eigenvalue weighted by molar-refractivity contribution is -0.121. The topological polar surface area (TPSA) is 32.3 Å². The Hall–Kier alpha value is -1.51. The van der Waals surface area contributed by atoms with Crippen molar-refractivity contribution in [3.63, 3.8) is 0 Å². The smallest absolute Gasteiger partial charge is 0.236 e. The number of anilines is 2. The molecule has 1 amide bonds. The third kappa shape index (κ3) is 1.23. The van der Waals surface area contributed by atoms with Gasteiger partial charge >= 0.3 is 0 Å². The molecule has 0 aliphatic carbocycles. The Morgan fingerprint density at radius 1 is 1.33 bits per heavy atom. The number of likely N-dealkylation sites (N-methyl/N-ethyl adjacent to an activating group) is 1. The normalized spacial score (nSPS) is 17.9. The quantitative estimate of drug-likeness (QED) is 0.758. The molecule has 0 aromatic heterocycles. The maximum absolute atomic E-state index is 12.0. The highest BCUT2D eigenvalue weighted by atomic mass is 16.2. The number of amides is 1. The molecule has 80 valence electrons. The summed E-state index contributed by atoms with van der Waals surface area (Å²) in [4.78, 5) is 13.7. The van der Waals surface area contributed by atoms with Crippen molar-refractivity contribution in [3.05, 3.63) is 23.8 Å². The van der Waals surface area contributed by atoms with Gasteiger partial charge in [0.25, 0.3) is 0 Å². The summed E-state index contributed by atoms with van der Waals surface area (Å²) in [5.74, 6) is 0.158. The first kappa shape index (κ1) is 10.0. The molecule has 1 aliphatic heterocycles. The van der Waals surface area contributed by atoms with Crippen molar-refractivity contribution in [2.45, 2.75) is 19.3 Å². The van der Waals surface area contributed by atoms with Crippen molar-refractivity contribution in [1.29, 1.82) is 0 Å². The number of carbonyl (C=O) groups excluding carboxylic acids is 1. The molecule has 1 aliphatic rings. The zero-order chi connectivity index (χ0) is 11.2. The van der Waals surface area contributed by atoms with E-state index in [1.165, 1.54) is 0 Å². The van der Waals surface area contributed by atoms with Crippen molar-refractivity contribution in [2.75, 3.05) is 24.3 Å². The van der Waals surface area contributed by atoms with Gasteiger partial charge in [-0.1, -0.05) is 0 Å². The van der Waals surface area contributed by atoms with E-state index in [0.717, 1.165) is 16.9 Å². The highest BCUT2D eigenvalue weighted by molar-refractivity contribution is 6.07. The number of nitrogens with zero attached hydrogens (tertiary/aromatic N) is 1. The zero-order valence-corrected chi connectivity index (χ0v) is 9.59. The Bertz CT molecular complexity index is 424. The van der Waals surface area contributed by atoms with Gasteiger partial charge in [-0.25, -0.2) is 0 Å². The molecule has 0 unspecified atom stereocenters. The molecule has 1 heterocycles. The van der Waals surface area contributed by atoms with E-state index in [9.17, 15) is 4.79 Å². The van der Waals surface area contributed by atoms with Crippen LogP contribution in [0.5, 0.6) is 0 Å². The van der Waals surface area contributed by atoms with Crippen molar-refractivity contribution >= 4 is 17.3 Å². The summed E-state index contributed by atoms with van der Waals surface area (Å²) in [7, 11) is 3.71. The lowest BCUT2D eigenvalue weighted by Gasteiger charge is -2.16. The van der Waals surface area contributed by atoms with Crippen LogP contribution in [0.4, 0.5) is 11.4 Å². The third-order valence-corrected chi connectivity index (χ3v) is 3.16. The van der Waals surface area contributed by atoms with Crippen molar-refractivity contribution in [3.8, 4) is 0 Å². The number of rotatable bonds is 1. The van der Waals surface area contributed by atoms with Gasteiger partial charge in [0.2, 0.25) is 5.91 Å². The first-order chi connectivity index (χ1) is 6.98. The molecule has 0 saturated heterocycles. The van der Waals surface area contributed by atoms with Gasteiger partial charge < -0.3 is 10.2 Å². The number of carbonyl (C=O) groups is 1. The maximum Gasteiger partial charge on any atom is 0.236 e. The Morgan fingerprint density at radius 3 is 2.60 bits per heavy atom. The summed E-state index contributed by atoms with van der Waals surface area (Å²) in [6, 6.07) is 6.04. The van der Waals surface area contributed by atoms with E-state index >= 15 is 0 Å². The molecular weight excluding hydrogens is 188 g/mol. The number of benzene rings is 1. The van der Waals surface area contributed by atoms with Crippen LogP contribution in [0.2, 0.25) is 0 Å². The van der Waals surface area contributed by atoms with Crippen LogP contribution in [0.25, 0.3) is 0 Å². The predicted octanol–water partition coefficient (Wildman–Crippen LogP) is 1.98. The fourth-order valence-electron chi connectivity index (χ4n) is 2.13. The minimum atomic E-state index is -0.406. The monoisotopic (exact) mass is 204 g/mol. The fourth-order valence-corrected chi connectivity index (χ4v) is 2.13. The minimum absolute atomic E-state index is 0.158. The summed E-state index contributed by atoms with van der Waals surface area (Å²) in [6.07, 6.45) is 0. The van der Waals surface area contributed by atoms with Gasteiger partial charge in [0.1, 0.15) is 0 Å². The number of hydrogen-bond donors (Lipinski definition) is 1. The van der Waals surface area contributed by atoms with Crippen LogP contribution in [-0.2, 0) is 10.2 Å². The predicted molar refractivity (Wildman–Crippen MR) is 62.4 cm³/mol. The van der Waals surface area contributed by atoms with E-state index in [4.69, 9.17) is 0 Å². The summed E-state index contributed by atoms with van der Waals surface area (Å²) < 4.78 is 0. The highest BCUT2D eigenvalue weighted by Gasteiger charge is 2.42. The standard InChI is InChI=1S/C12H16N2O/c1-12(2)9-7-8(13-3)5-6-10(9)14(4)11(12)15/h5-7,13H,1-4H3. The molecule has 3 nitrogen and oxygen atoms in total. The SMILES string of the molecule is CNc1ccc2c(c1)C(C)(C)C(=O)N2C. The van der Waals surface area contributed by atoms with Gasteiger partial charge in [-0.05, 0) is 37.6 Å².